The molecule has 0 amide bonds. The lowest BCUT2D eigenvalue weighted by Gasteiger charge is -2.27. The first-order chi connectivity index (χ1) is 25.8. The summed E-state index contributed by atoms with van der Waals surface area (Å²) in [6.45, 7) is 0. The van der Waals surface area contributed by atoms with E-state index < -0.39 is 0 Å². The zero-order valence-electron chi connectivity index (χ0n) is 28.1. The highest BCUT2D eigenvalue weighted by Crippen LogP contribution is 2.46. The Kier molecular flexibility index (Phi) is 7.10. The van der Waals surface area contributed by atoms with Gasteiger partial charge in [0.25, 0.3) is 0 Å². The third-order valence-electron chi connectivity index (χ3n) is 9.84. The number of hydrogen-bond donors (Lipinski definition) is 0. The number of rotatable bonds is 6. The molecule has 244 valence electrons. The lowest BCUT2D eigenvalue weighted by atomic mass is 9.98. The summed E-state index contributed by atoms with van der Waals surface area (Å²) in [5, 5.41) is 6.66. The minimum Gasteiger partial charge on any atom is -0.456 e. The zero-order valence-corrected chi connectivity index (χ0v) is 28.1. The smallest absolute Gasteiger partial charge is 0.161 e. The first-order valence-electron chi connectivity index (χ1n) is 17.5. The fourth-order valence-electron chi connectivity index (χ4n) is 7.43. The van der Waals surface area contributed by atoms with Crippen molar-refractivity contribution >= 4 is 60.5 Å². The van der Waals surface area contributed by atoms with Crippen molar-refractivity contribution in [3.63, 3.8) is 0 Å². The van der Waals surface area contributed by atoms with Gasteiger partial charge in [-0.05, 0) is 52.6 Å². The van der Waals surface area contributed by atoms with E-state index in [1.165, 1.54) is 10.8 Å². The second-order valence-electron chi connectivity index (χ2n) is 13.0. The fraction of sp³-hybridized carbons (Fsp3) is 0. The molecule has 10 rings (SSSR count). The van der Waals surface area contributed by atoms with Crippen LogP contribution in [0.25, 0.3) is 77.4 Å². The Morgan fingerprint density at radius 2 is 1.02 bits per heavy atom. The van der Waals surface area contributed by atoms with Crippen LogP contribution in [0.15, 0.2) is 192 Å². The van der Waals surface area contributed by atoms with Gasteiger partial charge in [-0.3, -0.25) is 0 Å². The zero-order chi connectivity index (χ0) is 34.4. The third-order valence-corrected chi connectivity index (χ3v) is 9.84. The lowest BCUT2D eigenvalue weighted by molar-refractivity contribution is 0.669. The predicted octanol–water partition coefficient (Wildman–Crippen LogP) is 13.2. The number of para-hydroxylation sites is 1. The minimum absolute atomic E-state index is 0.656. The summed E-state index contributed by atoms with van der Waals surface area (Å²) >= 11 is 0. The largest absolute Gasteiger partial charge is 0.456 e. The number of anilines is 3. The van der Waals surface area contributed by atoms with Crippen LogP contribution in [0.5, 0.6) is 0 Å². The molecule has 0 spiro atoms. The number of hydrogen-bond acceptors (Lipinski definition) is 4. The molecule has 0 aliphatic rings. The van der Waals surface area contributed by atoms with Gasteiger partial charge in [-0.15, -0.1) is 0 Å². The first kappa shape index (κ1) is 29.8. The Morgan fingerprint density at radius 3 is 1.73 bits per heavy atom. The molecule has 0 saturated carbocycles. The van der Waals surface area contributed by atoms with Gasteiger partial charge in [-0.1, -0.05) is 146 Å². The quantitative estimate of drug-likeness (QED) is 0.177. The standard InChI is InChI=1S/C48H31N3O/c1-4-16-33(17-5-1)41-30-42(34-18-6-2-7-19-34)50-48(49-41)40-25-14-26-44-47(40)46-39-24-13-12-23-38(39)43(31-45(46)52-44)51(36-21-8-3-9-22-36)37-28-27-32-15-10-11-20-35(32)29-37/h1-31H. The van der Waals surface area contributed by atoms with Crippen LogP contribution < -0.4 is 4.90 Å². The Hall–Kier alpha value is -7.04. The van der Waals surface area contributed by atoms with Crippen molar-refractivity contribution in [1.82, 2.24) is 9.97 Å². The molecule has 0 aliphatic carbocycles. The van der Waals surface area contributed by atoms with Gasteiger partial charge in [0, 0.05) is 50.3 Å². The average Bonchev–Trinajstić information content (AvgIpc) is 3.61. The Morgan fingerprint density at radius 1 is 0.404 bits per heavy atom. The molecule has 0 bridgehead atoms. The molecule has 2 heterocycles. The molecule has 4 nitrogen and oxygen atoms in total. The molecule has 0 N–H and O–H groups in total. The molecule has 52 heavy (non-hydrogen) atoms. The van der Waals surface area contributed by atoms with Crippen molar-refractivity contribution in [2.75, 3.05) is 4.90 Å². The number of aromatic nitrogens is 2. The first-order valence-corrected chi connectivity index (χ1v) is 17.5. The molecular weight excluding hydrogens is 635 g/mol. The summed E-state index contributed by atoms with van der Waals surface area (Å²) in [4.78, 5) is 12.7. The minimum atomic E-state index is 0.656. The maximum absolute atomic E-state index is 6.80. The highest BCUT2D eigenvalue weighted by Gasteiger charge is 2.23. The average molecular weight is 666 g/mol. The second-order valence-corrected chi connectivity index (χ2v) is 13.0. The van der Waals surface area contributed by atoms with Crippen LogP contribution in [0, 0.1) is 0 Å². The molecule has 0 radical (unpaired) electrons. The van der Waals surface area contributed by atoms with Gasteiger partial charge in [0.15, 0.2) is 5.82 Å². The van der Waals surface area contributed by atoms with Crippen molar-refractivity contribution in [2.45, 2.75) is 0 Å². The summed E-state index contributed by atoms with van der Waals surface area (Å²) in [6.07, 6.45) is 0. The SMILES string of the molecule is c1ccc(-c2cc(-c3ccccc3)nc(-c3cccc4oc5cc(N(c6ccccc6)c6ccc7ccccc7c6)c6ccccc6c5c34)n2)cc1. The van der Waals surface area contributed by atoms with E-state index in [1.54, 1.807) is 0 Å². The van der Waals surface area contributed by atoms with Crippen LogP contribution >= 0.6 is 0 Å². The van der Waals surface area contributed by atoms with Crippen LogP contribution in [0.4, 0.5) is 17.1 Å². The van der Waals surface area contributed by atoms with E-state index in [9.17, 15) is 0 Å². The predicted molar refractivity (Wildman–Crippen MR) is 215 cm³/mol. The number of benzene rings is 8. The molecule has 10 aromatic rings. The normalized spacial score (nSPS) is 11.5. The molecule has 2 aromatic heterocycles. The summed E-state index contributed by atoms with van der Waals surface area (Å²) in [5.41, 5.74) is 9.53. The van der Waals surface area contributed by atoms with Gasteiger partial charge in [0.1, 0.15) is 11.2 Å². The summed E-state index contributed by atoms with van der Waals surface area (Å²) in [6, 6.07) is 65.4. The van der Waals surface area contributed by atoms with E-state index in [-0.39, 0.29) is 0 Å². The summed E-state index contributed by atoms with van der Waals surface area (Å²) in [5.74, 6) is 0.656. The van der Waals surface area contributed by atoms with Gasteiger partial charge in [0.2, 0.25) is 0 Å². The number of fused-ring (bicyclic) bond motifs is 6. The van der Waals surface area contributed by atoms with Gasteiger partial charge < -0.3 is 9.32 Å². The molecule has 4 heteroatoms. The van der Waals surface area contributed by atoms with E-state index in [2.05, 4.69) is 144 Å². The van der Waals surface area contributed by atoms with Crippen molar-refractivity contribution < 1.29 is 4.42 Å². The van der Waals surface area contributed by atoms with Crippen molar-refractivity contribution in [3.8, 4) is 33.9 Å². The highest BCUT2D eigenvalue weighted by atomic mass is 16.3. The van der Waals surface area contributed by atoms with Crippen LogP contribution in [0.1, 0.15) is 0 Å². The van der Waals surface area contributed by atoms with Crippen LogP contribution in [0.2, 0.25) is 0 Å². The summed E-state index contributed by atoms with van der Waals surface area (Å²) in [7, 11) is 0. The Bertz CT molecular complexity index is 2840. The molecule has 0 fully saturated rings. The monoisotopic (exact) mass is 665 g/mol. The summed E-state index contributed by atoms with van der Waals surface area (Å²) < 4.78 is 6.80. The Labute approximate surface area is 300 Å². The molecule has 0 atom stereocenters. The highest BCUT2D eigenvalue weighted by molar-refractivity contribution is 6.25. The lowest BCUT2D eigenvalue weighted by Crippen LogP contribution is -2.10. The van der Waals surface area contributed by atoms with E-state index in [4.69, 9.17) is 14.4 Å². The maximum atomic E-state index is 6.80. The van der Waals surface area contributed by atoms with E-state index >= 15 is 0 Å². The second kappa shape index (κ2) is 12.4. The molecular formula is C48H31N3O. The van der Waals surface area contributed by atoms with Gasteiger partial charge in [-0.2, -0.15) is 0 Å². The number of furan rings is 1. The van der Waals surface area contributed by atoms with Crippen molar-refractivity contribution in [1.29, 1.82) is 0 Å². The molecule has 0 unspecified atom stereocenters. The van der Waals surface area contributed by atoms with Gasteiger partial charge in [0.05, 0.1) is 17.1 Å². The van der Waals surface area contributed by atoms with Crippen LogP contribution in [-0.4, -0.2) is 9.97 Å². The van der Waals surface area contributed by atoms with E-state index in [1.807, 2.05) is 48.5 Å². The molecule has 0 saturated heterocycles. The van der Waals surface area contributed by atoms with Gasteiger partial charge >= 0.3 is 0 Å². The third kappa shape index (κ3) is 5.09. The Balaban J connectivity index is 1.24. The van der Waals surface area contributed by atoms with Gasteiger partial charge in [-0.25, -0.2) is 9.97 Å². The van der Waals surface area contributed by atoms with Crippen molar-refractivity contribution in [2.24, 2.45) is 0 Å². The molecule has 8 aromatic carbocycles. The maximum Gasteiger partial charge on any atom is 0.161 e. The van der Waals surface area contributed by atoms with Crippen molar-refractivity contribution in [3.05, 3.63) is 188 Å². The fourth-order valence-corrected chi connectivity index (χ4v) is 7.43. The van der Waals surface area contributed by atoms with E-state index in [0.717, 1.165) is 77.9 Å². The van der Waals surface area contributed by atoms with E-state index in [0.29, 0.717) is 5.82 Å². The van der Waals surface area contributed by atoms with Crippen LogP contribution in [-0.2, 0) is 0 Å². The topological polar surface area (TPSA) is 42.2 Å². The van der Waals surface area contributed by atoms with Crippen LogP contribution in [0.3, 0.4) is 0 Å². The number of nitrogens with zero attached hydrogens (tertiary/aromatic N) is 3. The molecule has 0 aliphatic heterocycles.